The number of carbonyl (C=O) groups is 2. The van der Waals surface area contributed by atoms with Crippen LogP contribution in [0, 0.1) is 0 Å². The standard InChI is InChI=1S/C20H27N3O3S2/c24-18(14-26-19(25)15-28-20(27)23-12-4-5-13-23)21-16-6-8-17(9-7-16)22-10-2-1-3-11-22/h6-9H,1-5,10-15H2,(H,21,24). The number of nitrogens with zero attached hydrogens (tertiary/aromatic N) is 2. The number of rotatable bonds is 6. The van der Waals surface area contributed by atoms with Crippen molar-refractivity contribution in [3.8, 4) is 0 Å². The van der Waals surface area contributed by atoms with Gasteiger partial charge in [0, 0.05) is 37.6 Å². The highest BCUT2D eigenvalue weighted by Gasteiger charge is 2.17. The Hall–Kier alpha value is -1.80. The van der Waals surface area contributed by atoms with Crippen molar-refractivity contribution in [2.75, 3.05) is 48.8 Å². The Balaban J connectivity index is 1.35. The van der Waals surface area contributed by atoms with Crippen LogP contribution >= 0.6 is 24.0 Å². The third kappa shape index (κ3) is 6.38. The van der Waals surface area contributed by atoms with Crippen LogP contribution in [-0.4, -0.2) is 59.6 Å². The van der Waals surface area contributed by atoms with Crippen molar-refractivity contribution in [2.24, 2.45) is 0 Å². The highest BCUT2D eigenvalue weighted by molar-refractivity contribution is 8.23. The summed E-state index contributed by atoms with van der Waals surface area (Å²) in [6.45, 7) is 3.80. The van der Waals surface area contributed by atoms with Crippen LogP contribution in [0.15, 0.2) is 24.3 Å². The molecule has 0 aromatic heterocycles. The topological polar surface area (TPSA) is 61.9 Å². The number of hydrogen-bond donors (Lipinski definition) is 1. The fraction of sp³-hybridized carbons (Fsp3) is 0.550. The monoisotopic (exact) mass is 421 g/mol. The highest BCUT2D eigenvalue weighted by atomic mass is 32.2. The summed E-state index contributed by atoms with van der Waals surface area (Å²) in [4.78, 5) is 28.3. The second-order valence-electron chi connectivity index (χ2n) is 7.05. The molecule has 1 N–H and O–H groups in total. The number of esters is 1. The molecule has 1 aromatic rings. The zero-order valence-electron chi connectivity index (χ0n) is 16.0. The van der Waals surface area contributed by atoms with Gasteiger partial charge in [0.05, 0.1) is 5.75 Å². The number of benzene rings is 1. The predicted octanol–water partition coefficient (Wildman–Crippen LogP) is 3.27. The van der Waals surface area contributed by atoms with Crippen LogP contribution in [0.3, 0.4) is 0 Å². The third-order valence-electron chi connectivity index (χ3n) is 4.91. The van der Waals surface area contributed by atoms with Gasteiger partial charge in [-0.1, -0.05) is 24.0 Å². The highest BCUT2D eigenvalue weighted by Crippen LogP contribution is 2.22. The number of thiocarbonyl (C=S) groups is 1. The largest absolute Gasteiger partial charge is 0.455 e. The summed E-state index contributed by atoms with van der Waals surface area (Å²) in [5.41, 5.74) is 1.88. The van der Waals surface area contributed by atoms with Gasteiger partial charge in [-0.3, -0.25) is 9.59 Å². The number of anilines is 2. The molecule has 152 valence electrons. The van der Waals surface area contributed by atoms with Crippen molar-refractivity contribution >= 4 is 51.6 Å². The number of likely N-dealkylation sites (tertiary alicyclic amines) is 1. The minimum atomic E-state index is -0.429. The molecule has 28 heavy (non-hydrogen) atoms. The van der Waals surface area contributed by atoms with E-state index in [4.69, 9.17) is 17.0 Å². The number of thioether (sulfide) groups is 1. The maximum absolute atomic E-state index is 12.0. The molecule has 2 aliphatic heterocycles. The molecule has 3 rings (SSSR count). The number of piperidine rings is 1. The molecule has 0 bridgehead atoms. The smallest absolute Gasteiger partial charge is 0.316 e. The lowest BCUT2D eigenvalue weighted by molar-refractivity contribution is -0.144. The molecule has 2 aliphatic rings. The molecule has 2 saturated heterocycles. The van der Waals surface area contributed by atoms with E-state index >= 15 is 0 Å². The van der Waals surface area contributed by atoms with Gasteiger partial charge < -0.3 is 19.9 Å². The minimum Gasteiger partial charge on any atom is -0.455 e. The third-order valence-corrected chi connectivity index (χ3v) is 6.41. The van der Waals surface area contributed by atoms with Crippen LogP contribution in [0.5, 0.6) is 0 Å². The van der Waals surface area contributed by atoms with Gasteiger partial charge in [-0.25, -0.2) is 0 Å². The summed E-state index contributed by atoms with van der Waals surface area (Å²) < 4.78 is 5.78. The Bertz CT molecular complexity index is 684. The van der Waals surface area contributed by atoms with Gasteiger partial charge in [-0.2, -0.15) is 0 Å². The maximum Gasteiger partial charge on any atom is 0.316 e. The SMILES string of the molecule is O=C(COC(=O)CSC(=S)N1CCCC1)Nc1ccc(N2CCCCC2)cc1. The van der Waals surface area contributed by atoms with Crippen molar-refractivity contribution in [3.63, 3.8) is 0 Å². The first-order valence-corrected chi connectivity index (χ1v) is 11.2. The Kier molecular flexibility index (Phi) is 7.97. The van der Waals surface area contributed by atoms with Crippen LogP contribution in [0.25, 0.3) is 0 Å². The molecule has 0 radical (unpaired) electrons. The van der Waals surface area contributed by atoms with E-state index in [0.717, 1.165) is 43.3 Å². The van der Waals surface area contributed by atoms with E-state index in [1.165, 1.54) is 36.7 Å². The summed E-state index contributed by atoms with van der Waals surface area (Å²) in [6, 6.07) is 7.80. The van der Waals surface area contributed by atoms with E-state index in [1.807, 2.05) is 24.3 Å². The van der Waals surface area contributed by atoms with E-state index < -0.39 is 5.97 Å². The summed E-state index contributed by atoms with van der Waals surface area (Å²) in [7, 11) is 0. The van der Waals surface area contributed by atoms with Crippen molar-refractivity contribution in [1.82, 2.24) is 4.90 Å². The Morgan fingerprint density at radius 2 is 1.64 bits per heavy atom. The van der Waals surface area contributed by atoms with Crippen LogP contribution in [0.4, 0.5) is 11.4 Å². The average molecular weight is 422 g/mol. The zero-order valence-corrected chi connectivity index (χ0v) is 17.7. The fourth-order valence-electron chi connectivity index (χ4n) is 3.40. The molecule has 0 unspecified atom stereocenters. The first-order valence-electron chi connectivity index (χ1n) is 9.84. The number of nitrogens with one attached hydrogen (secondary N) is 1. The lowest BCUT2D eigenvalue weighted by Crippen LogP contribution is -2.29. The summed E-state index contributed by atoms with van der Waals surface area (Å²) in [6.07, 6.45) is 6.04. The van der Waals surface area contributed by atoms with Gasteiger partial charge in [0.15, 0.2) is 6.61 Å². The van der Waals surface area contributed by atoms with Crippen molar-refractivity contribution in [1.29, 1.82) is 0 Å². The van der Waals surface area contributed by atoms with Crippen molar-refractivity contribution < 1.29 is 14.3 Å². The normalized spacial score (nSPS) is 16.7. The lowest BCUT2D eigenvalue weighted by atomic mass is 10.1. The van der Waals surface area contributed by atoms with Gasteiger partial charge >= 0.3 is 5.97 Å². The molecule has 2 fully saturated rings. The van der Waals surface area contributed by atoms with E-state index in [-0.39, 0.29) is 18.3 Å². The van der Waals surface area contributed by atoms with Crippen molar-refractivity contribution in [3.05, 3.63) is 24.3 Å². The van der Waals surface area contributed by atoms with Crippen LogP contribution in [0.2, 0.25) is 0 Å². The first kappa shape index (κ1) is 20.9. The minimum absolute atomic E-state index is 0.132. The zero-order chi connectivity index (χ0) is 19.8. The van der Waals surface area contributed by atoms with Gasteiger partial charge in [0.25, 0.3) is 5.91 Å². The molecule has 1 amide bonds. The molecular formula is C20H27N3O3S2. The fourth-order valence-corrected chi connectivity index (χ4v) is 4.45. The number of carbonyl (C=O) groups excluding carboxylic acids is 2. The molecule has 0 spiro atoms. The summed E-state index contributed by atoms with van der Waals surface area (Å²) in [5, 5.41) is 2.76. The van der Waals surface area contributed by atoms with E-state index in [9.17, 15) is 9.59 Å². The Labute approximate surface area is 176 Å². The predicted molar refractivity (Wildman–Crippen MR) is 118 cm³/mol. The molecule has 6 nitrogen and oxygen atoms in total. The van der Waals surface area contributed by atoms with Gasteiger partial charge in [-0.05, 0) is 56.4 Å². The summed E-state index contributed by atoms with van der Waals surface area (Å²) >= 11 is 6.61. The molecule has 1 aromatic carbocycles. The molecular weight excluding hydrogens is 394 g/mol. The van der Waals surface area contributed by atoms with Gasteiger partial charge in [0.2, 0.25) is 0 Å². The number of hydrogen-bond acceptors (Lipinski definition) is 6. The number of amides is 1. The Morgan fingerprint density at radius 1 is 1.00 bits per heavy atom. The van der Waals surface area contributed by atoms with Crippen LogP contribution in [-0.2, 0) is 14.3 Å². The second kappa shape index (κ2) is 10.7. The average Bonchev–Trinajstić information content (AvgIpc) is 3.27. The molecule has 0 saturated carbocycles. The van der Waals surface area contributed by atoms with Crippen LogP contribution in [0.1, 0.15) is 32.1 Å². The second-order valence-corrected chi connectivity index (χ2v) is 8.66. The molecule has 0 aliphatic carbocycles. The van der Waals surface area contributed by atoms with E-state index in [0.29, 0.717) is 5.69 Å². The first-order chi connectivity index (χ1) is 13.6. The molecule has 2 heterocycles. The molecule has 0 atom stereocenters. The lowest BCUT2D eigenvalue weighted by Gasteiger charge is -2.28. The molecule has 8 heteroatoms. The van der Waals surface area contributed by atoms with Crippen molar-refractivity contribution in [2.45, 2.75) is 32.1 Å². The maximum atomic E-state index is 12.0. The van der Waals surface area contributed by atoms with Gasteiger partial charge in [-0.15, -0.1) is 0 Å². The van der Waals surface area contributed by atoms with Gasteiger partial charge in [0.1, 0.15) is 4.32 Å². The quantitative estimate of drug-likeness (QED) is 0.559. The van der Waals surface area contributed by atoms with E-state index in [1.54, 1.807) is 0 Å². The summed E-state index contributed by atoms with van der Waals surface area (Å²) in [5.74, 6) is -0.638. The Morgan fingerprint density at radius 3 is 2.32 bits per heavy atom. The van der Waals surface area contributed by atoms with Crippen LogP contribution < -0.4 is 10.2 Å². The van der Waals surface area contributed by atoms with E-state index in [2.05, 4.69) is 15.1 Å². The number of ether oxygens (including phenoxy) is 1.